The first kappa shape index (κ1) is 14.4. The molecule has 2 N–H and O–H groups in total. The van der Waals surface area contributed by atoms with Crippen LogP contribution in [-0.2, 0) is 0 Å². The predicted octanol–water partition coefficient (Wildman–Crippen LogP) is 3.54. The van der Waals surface area contributed by atoms with Gasteiger partial charge in [0.25, 0.3) is 0 Å². The Kier molecular flexibility index (Phi) is 3.45. The van der Waals surface area contributed by atoms with E-state index < -0.39 is 0 Å². The van der Waals surface area contributed by atoms with Gasteiger partial charge in [-0.05, 0) is 32.0 Å². The topological polar surface area (TPSA) is 84.3 Å². The van der Waals surface area contributed by atoms with Crippen LogP contribution >= 0.6 is 0 Å². The van der Waals surface area contributed by atoms with Crippen LogP contribution in [0.1, 0.15) is 19.9 Å². The van der Waals surface area contributed by atoms with Crippen LogP contribution < -0.4 is 5.32 Å². The molecular formula is C17H17N7. The molecule has 0 aliphatic carbocycles. The Morgan fingerprint density at radius 3 is 2.92 bits per heavy atom. The molecule has 4 rings (SSSR count). The van der Waals surface area contributed by atoms with E-state index >= 15 is 0 Å². The van der Waals surface area contributed by atoms with Gasteiger partial charge < -0.3 is 10.3 Å². The first-order valence-electron chi connectivity index (χ1n) is 7.77. The summed E-state index contributed by atoms with van der Waals surface area (Å²) in [6.45, 7) is 4.16. The van der Waals surface area contributed by atoms with Crippen molar-refractivity contribution in [3.63, 3.8) is 0 Å². The molecule has 3 aromatic heterocycles. The molecule has 7 heteroatoms. The monoisotopic (exact) mass is 319 g/mol. The van der Waals surface area contributed by atoms with Gasteiger partial charge in [-0.3, -0.25) is 4.68 Å². The average molecular weight is 319 g/mol. The Bertz CT molecular complexity index is 983. The summed E-state index contributed by atoms with van der Waals surface area (Å²) in [6, 6.07) is 8.22. The number of anilines is 2. The van der Waals surface area contributed by atoms with Crippen molar-refractivity contribution in [2.45, 2.75) is 19.9 Å². The van der Waals surface area contributed by atoms with Gasteiger partial charge in [-0.2, -0.15) is 5.10 Å². The SMILES string of the molecule is CC(C)n1cc(Nc2nccc(-c3ccc4[nH]cnc4c3)n2)cn1. The first-order valence-corrected chi connectivity index (χ1v) is 7.77. The molecule has 0 unspecified atom stereocenters. The lowest BCUT2D eigenvalue weighted by atomic mass is 10.1. The molecule has 0 aliphatic rings. The fraction of sp³-hybridized carbons (Fsp3) is 0.176. The van der Waals surface area contributed by atoms with Crippen molar-refractivity contribution in [1.82, 2.24) is 29.7 Å². The minimum Gasteiger partial charge on any atom is -0.345 e. The fourth-order valence-electron chi connectivity index (χ4n) is 2.48. The Morgan fingerprint density at radius 1 is 1.17 bits per heavy atom. The van der Waals surface area contributed by atoms with E-state index in [2.05, 4.69) is 44.2 Å². The molecule has 7 nitrogen and oxygen atoms in total. The third-order valence-corrected chi connectivity index (χ3v) is 3.76. The van der Waals surface area contributed by atoms with Crippen molar-refractivity contribution < 1.29 is 0 Å². The second-order valence-corrected chi connectivity index (χ2v) is 5.83. The average Bonchev–Trinajstić information content (AvgIpc) is 3.23. The minimum absolute atomic E-state index is 0.313. The quantitative estimate of drug-likeness (QED) is 0.601. The molecule has 0 saturated heterocycles. The number of fused-ring (bicyclic) bond motifs is 1. The molecule has 0 saturated carbocycles. The van der Waals surface area contributed by atoms with E-state index in [0.29, 0.717) is 12.0 Å². The standard InChI is InChI=1S/C17H17N7/c1-11(2)24-9-13(8-21-24)22-17-18-6-5-14(23-17)12-3-4-15-16(7-12)20-10-19-15/h3-11H,1-2H3,(H,19,20)(H,18,22,23). The van der Waals surface area contributed by atoms with Crippen LogP contribution in [0.5, 0.6) is 0 Å². The molecule has 120 valence electrons. The molecule has 4 aromatic rings. The number of aromatic amines is 1. The molecular weight excluding hydrogens is 302 g/mol. The van der Waals surface area contributed by atoms with Crippen LogP contribution in [0.25, 0.3) is 22.3 Å². The summed E-state index contributed by atoms with van der Waals surface area (Å²) in [6.07, 6.45) is 7.14. The minimum atomic E-state index is 0.313. The third-order valence-electron chi connectivity index (χ3n) is 3.76. The molecule has 0 fully saturated rings. The van der Waals surface area contributed by atoms with Crippen LogP contribution in [-0.4, -0.2) is 29.7 Å². The van der Waals surface area contributed by atoms with Crippen LogP contribution in [0.2, 0.25) is 0 Å². The maximum absolute atomic E-state index is 4.59. The van der Waals surface area contributed by atoms with Gasteiger partial charge in [0.1, 0.15) is 0 Å². The zero-order valence-corrected chi connectivity index (χ0v) is 13.4. The number of hydrogen-bond acceptors (Lipinski definition) is 5. The predicted molar refractivity (Wildman–Crippen MR) is 93.0 cm³/mol. The van der Waals surface area contributed by atoms with Crippen LogP contribution in [0, 0.1) is 0 Å². The van der Waals surface area contributed by atoms with Gasteiger partial charge in [0, 0.05) is 24.0 Å². The Balaban J connectivity index is 1.62. The van der Waals surface area contributed by atoms with E-state index in [1.54, 1.807) is 18.7 Å². The van der Waals surface area contributed by atoms with Gasteiger partial charge in [0.05, 0.1) is 34.9 Å². The van der Waals surface area contributed by atoms with Gasteiger partial charge in [0.2, 0.25) is 5.95 Å². The van der Waals surface area contributed by atoms with E-state index in [0.717, 1.165) is 28.0 Å². The number of rotatable bonds is 4. The highest BCUT2D eigenvalue weighted by molar-refractivity contribution is 5.80. The Morgan fingerprint density at radius 2 is 2.08 bits per heavy atom. The zero-order chi connectivity index (χ0) is 16.5. The molecule has 3 heterocycles. The van der Waals surface area contributed by atoms with Gasteiger partial charge in [-0.1, -0.05) is 6.07 Å². The lowest BCUT2D eigenvalue weighted by Crippen LogP contribution is -2.00. The summed E-state index contributed by atoms with van der Waals surface area (Å²) in [5, 5.41) is 7.50. The van der Waals surface area contributed by atoms with Crippen molar-refractivity contribution in [3.8, 4) is 11.3 Å². The highest BCUT2D eigenvalue weighted by Gasteiger charge is 2.07. The number of benzene rings is 1. The van der Waals surface area contributed by atoms with Crippen LogP contribution in [0.4, 0.5) is 11.6 Å². The van der Waals surface area contributed by atoms with Crippen molar-refractivity contribution >= 4 is 22.7 Å². The number of nitrogens with zero attached hydrogens (tertiary/aromatic N) is 5. The molecule has 0 bridgehead atoms. The highest BCUT2D eigenvalue weighted by Crippen LogP contribution is 2.22. The van der Waals surface area contributed by atoms with E-state index in [-0.39, 0.29) is 0 Å². The van der Waals surface area contributed by atoms with E-state index in [1.807, 2.05) is 35.1 Å². The summed E-state index contributed by atoms with van der Waals surface area (Å²) in [5.41, 5.74) is 4.63. The van der Waals surface area contributed by atoms with E-state index in [4.69, 9.17) is 0 Å². The molecule has 0 spiro atoms. The summed E-state index contributed by atoms with van der Waals surface area (Å²) in [7, 11) is 0. The Hall–Kier alpha value is -3.22. The maximum atomic E-state index is 4.59. The molecule has 0 aliphatic heterocycles. The molecule has 0 amide bonds. The fourth-order valence-corrected chi connectivity index (χ4v) is 2.48. The van der Waals surface area contributed by atoms with Gasteiger partial charge in [0.15, 0.2) is 0 Å². The van der Waals surface area contributed by atoms with Crippen LogP contribution in [0.3, 0.4) is 0 Å². The molecule has 1 aromatic carbocycles. The second kappa shape index (κ2) is 5.77. The number of imidazole rings is 1. The van der Waals surface area contributed by atoms with Gasteiger partial charge in [-0.25, -0.2) is 15.0 Å². The van der Waals surface area contributed by atoms with Crippen molar-refractivity contribution in [2.75, 3.05) is 5.32 Å². The smallest absolute Gasteiger partial charge is 0.227 e. The maximum Gasteiger partial charge on any atom is 0.227 e. The summed E-state index contributed by atoms with van der Waals surface area (Å²) >= 11 is 0. The lowest BCUT2D eigenvalue weighted by molar-refractivity contribution is 0.532. The van der Waals surface area contributed by atoms with Crippen molar-refractivity contribution in [2.24, 2.45) is 0 Å². The Labute approximate surface area is 138 Å². The third kappa shape index (κ3) is 2.71. The summed E-state index contributed by atoms with van der Waals surface area (Å²) in [4.78, 5) is 16.2. The van der Waals surface area contributed by atoms with E-state index in [1.165, 1.54) is 0 Å². The first-order chi connectivity index (χ1) is 11.7. The largest absolute Gasteiger partial charge is 0.345 e. The summed E-state index contributed by atoms with van der Waals surface area (Å²) in [5.74, 6) is 0.540. The number of aromatic nitrogens is 6. The number of H-pyrrole nitrogens is 1. The highest BCUT2D eigenvalue weighted by atomic mass is 15.3. The molecule has 0 radical (unpaired) electrons. The normalized spacial score (nSPS) is 11.3. The summed E-state index contributed by atoms with van der Waals surface area (Å²) < 4.78 is 1.89. The number of hydrogen-bond donors (Lipinski definition) is 2. The van der Waals surface area contributed by atoms with Gasteiger partial charge >= 0.3 is 0 Å². The number of nitrogens with one attached hydrogen (secondary N) is 2. The van der Waals surface area contributed by atoms with Gasteiger partial charge in [-0.15, -0.1) is 0 Å². The molecule has 0 atom stereocenters. The van der Waals surface area contributed by atoms with E-state index in [9.17, 15) is 0 Å². The van der Waals surface area contributed by atoms with Crippen molar-refractivity contribution in [3.05, 3.63) is 49.2 Å². The molecule has 24 heavy (non-hydrogen) atoms. The lowest BCUT2D eigenvalue weighted by Gasteiger charge is -2.06. The van der Waals surface area contributed by atoms with Crippen LogP contribution in [0.15, 0.2) is 49.2 Å². The zero-order valence-electron chi connectivity index (χ0n) is 13.4. The second-order valence-electron chi connectivity index (χ2n) is 5.83. The van der Waals surface area contributed by atoms with Crippen molar-refractivity contribution in [1.29, 1.82) is 0 Å².